The summed E-state index contributed by atoms with van der Waals surface area (Å²) >= 11 is 0. The Morgan fingerprint density at radius 1 is 0.588 bits per heavy atom. The van der Waals surface area contributed by atoms with Crippen molar-refractivity contribution in [1.82, 2.24) is 0 Å². The van der Waals surface area contributed by atoms with Gasteiger partial charge in [0.05, 0.1) is 12.8 Å². The van der Waals surface area contributed by atoms with Crippen LogP contribution < -0.4 is 24.8 Å². The molecule has 98 valence electrons. The molecule has 0 radical (unpaired) electrons. The van der Waals surface area contributed by atoms with Gasteiger partial charge in [-0.1, -0.05) is 0 Å². The average molecular weight is 362 g/mol. The zero-order chi connectivity index (χ0) is 11.7. The minimum atomic E-state index is -0.0625. The summed E-state index contributed by atoms with van der Waals surface area (Å²) in [5.74, 6) is -0.250. The number of ketones is 4. The molecular formula is C10H16Cl2O4Zr. The van der Waals surface area contributed by atoms with Crippen LogP contribution in [-0.2, 0) is 45.4 Å². The Kier molecular flexibility index (Phi) is 33.0. The summed E-state index contributed by atoms with van der Waals surface area (Å²) in [5, 5.41) is 0. The van der Waals surface area contributed by atoms with Crippen LogP contribution >= 0.6 is 0 Å². The second kappa shape index (κ2) is 18.5. The number of hydrogen-bond acceptors (Lipinski definition) is 4. The van der Waals surface area contributed by atoms with Crippen molar-refractivity contribution in [2.24, 2.45) is 0 Å². The van der Waals surface area contributed by atoms with Crippen molar-refractivity contribution in [1.29, 1.82) is 0 Å². The van der Waals surface area contributed by atoms with Crippen LogP contribution in [0.1, 0.15) is 40.5 Å². The predicted molar refractivity (Wildman–Crippen MR) is 52.0 cm³/mol. The molecule has 0 saturated heterocycles. The zero-order valence-electron chi connectivity index (χ0n) is 10.3. The molecule has 0 amide bonds. The SMILES string of the molecule is CC(=O)CC(C)=O.CC(=O)CC(C)=O.[Cl-].[Cl-].[Zr+2]. The molecule has 0 N–H and O–H groups in total. The summed E-state index contributed by atoms with van der Waals surface area (Å²) in [7, 11) is 0. The molecule has 0 aliphatic carbocycles. The normalized spacial score (nSPS) is 6.82. The number of Topliss-reactive ketones (excluding diaryl/α,β-unsaturated/α-hetero) is 4. The van der Waals surface area contributed by atoms with E-state index in [1.165, 1.54) is 27.7 Å². The summed E-state index contributed by atoms with van der Waals surface area (Å²) in [5.41, 5.74) is 0. The van der Waals surface area contributed by atoms with Crippen molar-refractivity contribution in [2.45, 2.75) is 40.5 Å². The van der Waals surface area contributed by atoms with E-state index >= 15 is 0 Å². The van der Waals surface area contributed by atoms with E-state index in [4.69, 9.17) is 0 Å². The van der Waals surface area contributed by atoms with Crippen LogP contribution in [0.15, 0.2) is 0 Å². The minimum absolute atomic E-state index is 0. The van der Waals surface area contributed by atoms with E-state index in [9.17, 15) is 19.2 Å². The topological polar surface area (TPSA) is 68.3 Å². The largest absolute Gasteiger partial charge is 2.00 e. The van der Waals surface area contributed by atoms with E-state index in [2.05, 4.69) is 0 Å². The molecule has 7 heteroatoms. The first-order valence-electron chi connectivity index (χ1n) is 4.23. The van der Waals surface area contributed by atoms with Gasteiger partial charge in [-0.3, -0.25) is 19.2 Å². The molecule has 4 nitrogen and oxygen atoms in total. The molecule has 17 heavy (non-hydrogen) atoms. The fourth-order valence-electron chi connectivity index (χ4n) is 0.701. The summed E-state index contributed by atoms with van der Waals surface area (Å²) in [6.07, 6.45) is 0.167. The molecule has 0 aromatic heterocycles. The third-order valence-corrected chi connectivity index (χ3v) is 0.996. The van der Waals surface area contributed by atoms with E-state index in [0.717, 1.165) is 0 Å². The molecule has 0 fully saturated rings. The maximum absolute atomic E-state index is 10.0. The van der Waals surface area contributed by atoms with Crippen molar-refractivity contribution >= 4 is 23.1 Å². The van der Waals surface area contributed by atoms with Crippen LogP contribution in [0, 0.1) is 0 Å². The van der Waals surface area contributed by atoms with Gasteiger partial charge in [0.1, 0.15) is 23.1 Å². The van der Waals surface area contributed by atoms with Gasteiger partial charge in [-0.15, -0.1) is 0 Å². The molecular weight excluding hydrogens is 346 g/mol. The number of hydrogen-bond donors (Lipinski definition) is 0. The first kappa shape index (κ1) is 30.3. The van der Waals surface area contributed by atoms with E-state index in [1.807, 2.05) is 0 Å². The van der Waals surface area contributed by atoms with Crippen molar-refractivity contribution in [3.63, 3.8) is 0 Å². The maximum Gasteiger partial charge on any atom is 2.00 e. The molecule has 0 spiro atoms. The molecule has 0 heterocycles. The van der Waals surface area contributed by atoms with Gasteiger partial charge in [-0.2, -0.15) is 0 Å². The van der Waals surface area contributed by atoms with E-state index in [1.54, 1.807) is 0 Å². The predicted octanol–water partition coefficient (Wildman–Crippen LogP) is -4.89. The third kappa shape index (κ3) is 48.7. The van der Waals surface area contributed by atoms with E-state index in [0.29, 0.717) is 0 Å². The molecule has 0 aliphatic heterocycles. The van der Waals surface area contributed by atoms with Gasteiger partial charge >= 0.3 is 26.2 Å². The summed E-state index contributed by atoms with van der Waals surface area (Å²) < 4.78 is 0. The smallest absolute Gasteiger partial charge is 1.00 e. The quantitative estimate of drug-likeness (QED) is 0.471. The number of carbonyl (C=O) groups excluding carboxylic acids is 4. The van der Waals surface area contributed by atoms with E-state index < -0.39 is 0 Å². The van der Waals surface area contributed by atoms with Gasteiger partial charge in [0.15, 0.2) is 0 Å². The van der Waals surface area contributed by atoms with Crippen LogP contribution in [0.5, 0.6) is 0 Å². The summed E-state index contributed by atoms with van der Waals surface area (Å²) in [4.78, 5) is 40.1. The summed E-state index contributed by atoms with van der Waals surface area (Å²) in [6.45, 7) is 5.62. The number of halogens is 2. The van der Waals surface area contributed by atoms with Gasteiger partial charge in [0, 0.05) is 0 Å². The Bertz CT molecular complexity index is 205. The molecule has 0 atom stereocenters. The van der Waals surface area contributed by atoms with Crippen LogP contribution in [0.3, 0.4) is 0 Å². The number of carbonyl (C=O) groups is 4. The van der Waals surface area contributed by atoms with Crippen molar-refractivity contribution in [2.75, 3.05) is 0 Å². The van der Waals surface area contributed by atoms with Gasteiger partial charge < -0.3 is 24.8 Å². The van der Waals surface area contributed by atoms with Crippen molar-refractivity contribution in [3.8, 4) is 0 Å². The Morgan fingerprint density at radius 2 is 0.706 bits per heavy atom. The zero-order valence-corrected chi connectivity index (χ0v) is 14.3. The third-order valence-electron chi connectivity index (χ3n) is 0.996. The fraction of sp³-hybridized carbons (Fsp3) is 0.600. The Balaban J connectivity index is -0.0000000480. The first-order chi connectivity index (χ1) is 6.25. The molecule has 0 rings (SSSR count). The molecule has 0 bridgehead atoms. The first-order valence-corrected chi connectivity index (χ1v) is 4.23. The Morgan fingerprint density at radius 3 is 0.706 bits per heavy atom. The van der Waals surface area contributed by atoms with Crippen LogP contribution in [0.25, 0.3) is 0 Å². The van der Waals surface area contributed by atoms with Crippen molar-refractivity contribution < 1.29 is 70.2 Å². The average Bonchev–Trinajstić information content (AvgIpc) is 1.79. The van der Waals surface area contributed by atoms with Crippen molar-refractivity contribution in [3.05, 3.63) is 0 Å². The molecule has 0 aromatic rings. The van der Waals surface area contributed by atoms with Crippen LogP contribution in [0.4, 0.5) is 0 Å². The van der Waals surface area contributed by atoms with Gasteiger partial charge in [0.2, 0.25) is 0 Å². The van der Waals surface area contributed by atoms with Crippen LogP contribution in [-0.4, -0.2) is 23.1 Å². The van der Waals surface area contributed by atoms with Gasteiger partial charge in [-0.05, 0) is 27.7 Å². The maximum atomic E-state index is 10.0. The summed E-state index contributed by atoms with van der Waals surface area (Å²) in [6, 6.07) is 0. The van der Waals surface area contributed by atoms with Crippen LogP contribution in [0.2, 0.25) is 0 Å². The minimum Gasteiger partial charge on any atom is -1.00 e. The molecule has 0 unspecified atom stereocenters. The fourth-order valence-corrected chi connectivity index (χ4v) is 0.701. The van der Waals surface area contributed by atoms with Gasteiger partial charge in [0.25, 0.3) is 0 Å². The van der Waals surface area contributed by atoms with Gasteiger partial charge in [-0.25, -0.2) is 0 Å². The second-order valence-electron chi connectivity index (χ2n) is 3.16. The Labute approximate surface area is 133 Å². The molecule has 0 aromatic carbocycles. The standard InChI is InChI=1S/2C5H8O2.2ClH.Zr/c2*1-4(6)3-5(2)7;;;/h2*3H2,1-2H3;2*1H;/q;;;;+2/p-2. The molecule has 0 saturated carbocycles. The van der Waals surface area contributed by atoms with E-state index in [-0.39, 0.29) is 87.0 Å². The Hall–Kier alpha value is 0.143. The number of rotatable bonds is 4. The second-order valence-corrected chi connectivity index (χ2v) is 3.16. The molecule has 0 aliphatic rings. The monoisotopic (exact) mass is 360 g/mol.